The number of nitrogens with zero attached hydrogens (tertiary/aromatic N) is 1. The summed E-state index contributed by atoms with van der Waals surface area (Å²) in [6.07, 6.45) is 0. The first-order valence-corrected chi connectivity index (χ1v) is 6.92. The monoisotopic (exact) mass is 333 g/mol. The van der Waals surface area contributed by atoms with Crippen molar-refractivity contribution in [3.8, 4) is 0 Å². The van der Waals surface area contributed by atoms with Crippen molar-refractivity contribution in [3.05, 3.63) is 58.1 Å². The van der Waals surface area contributed by atoms with E-state index in [1.165, 1.54) is 0 Å². The van der Waals surface area contributed by atoms with E-state index in [0.717, 1.165) is 21.4 Å². The summed E-state index contributed by atoms with van der Waals surface area (Å²) in [5.41, 5.74) is 14.4. The van der Waals surface area contributed by atoms with Crippen LogP contribution in [-0.4, -0.2) is 13.0 Å². The average molecular weight is 334 g/mol. The van der Waals surface area contributed by atoms with Crippen molar-refractivity contribution in [2.75, 3.05) is 17.7 Å². The lowest BCUT2D eigenvalue weighted by Crippen LogP contribution is -2.22. The molecule has 0 radical (unpaired) electrons. The fraction of sp³-hybridized carbons (Fsp3) is 0.133. The molecule has 0 spiro atoms. The molecule has 0 aromatic heterocycles. The van der Waals surface area contributed by atoms with E-state index in [1.807, 2.05) is 48.3 Å². The number of hydrogen-bond acceptors (Lipinski definition) is 3. The van der Waals surface area contributed by atoms with Gasteiger partial charge in [0.2, 0.25) is 0 Å². The Morgan fingerprint density at radius 3 is 2.60 bits per heavy atom. The van der Waals surface area contributed by atoms with Crippen molar-refractivity contribution in [2.45, 2.75) is 6.54 Å². The van der Waals surface area contributed by atoms with Gasteiger partial charge in [0.05, 0.1) is 5.56 Å². The van der Waals surface area contributed by atoms with E-state index in [2.05, 4.69) is 15.9 Å². The molecule has 0 bridgehead atoms. The Hall–Kier alpha value is -2.01. The molecule has 0 saturated carbocycles. The second-order valence-corrected chi connectivity index (χ2v) is 5.50. The lowest BCUT2D eigenvalue weighted by Gasteiger charge is -2.22. The van der Waals surface area contributed by atoms with E-state index in [1.54, 1.807) is 6.07 Å². The van der Waals surface area contributed by atoms with Gasteiger partial charge in [0.25, 0.3) is 5.91 Å². The van der Waals surface area contributed by atoms with Crippen LogP contribution in [0.5, 0.6) is 0 Å². The summed E-state index contributed by atoms with van der Waals surface area (Å²) in [6, 6.07) is 13.1. The number of nitrogen functional groups attached to an aromatic ring is 1. The molecule has 0 unspecified atom stereocenters. The third-order valence-corrected chi connectivity index (χ3v) is 3.59. The van der Waals surface area contributed by atoms with Gasteiger partial charge in [-0.15, -0.1) is 0 Å². The van der Waals surface area contributed by atoms with E-state index in [4.69, 9.17) is 11.5 Å². The third kappa shape index (κ3) is 3.11. The molecule has 1 amide bonds. The van der Waals surface area contributed by atoms with Crippen molar-refractivity contribution >= 4 is 33.2 Å². The predicted molar refractivity (Wildman–Crippen MR) is 85.6 cm³/mol. The zero-order valence-corrected chi connectivity index (χ0v) is 12.7. The molecule has 2 aromatic rings. The molecule has 104 valence electrons. The van der Waals surface area contributed by atoms with E-state index >= 15 is 0 Å². The highest BCUT2D eigenvalue weighted by Gasteiger charge is 2.13. The number of benzene rings is 2. The van der Waals surface area contributed by atoms with Crippen LogP contribution < -0.4 is 16.4 Å². The van der Waals surface area contributed by atoms with Gasteiger partial charge in [-0.05, 0) is 29.8 Å². The predicted octanol–water partition coefficient (Wildman–Crippen LogP) is 2.77. The summed E-state index contributed by atoms with van der Waals surface area (Å²) in [7, 11) is 1.90. The maximum absolute atomic E-state index is 11.5. The molecule has 20 heavy (non-hydrogen) atoms. The Morgan fingerprint density at radius 2 is 1.95 bits per heavy atom. The maximum Gasteiger partial charge on any atom is 0.250 e. The zero-order chi connectivity index (χ0) is 14.7. The fourth-order valence-electron chi connectivity index (χ4n) is 2.06. The molecule has 0 fully saturated rings. The Balaban J connectivity index is 2.32. The van der Waals surface area contributed by atoms with Gasteiger partial charge in [0.1, 0.15) is 0 Å². The van der Waals surface area contributed by atoms with Gasteiger partial charge in [-0.2, -0.15) is 0 Å². The fourth-order valence-corrected chi connectivity index (χ4v) is 2.42. The first-order valence-electron chi connectivity index (χ1n) is 6.13. The van der Waals surface area contributed by atoms with Gasteiger partial charge < -0.3 is 16.4 Å². The summed E-state index contributed by atoms with van der Waals surface area (Å²) in [5.74, 6) is -0.450. The quantitative estimate of drug-likeness (QED) is 0.845. The molecule has 0 aliphatic carbocycles. The Kier molecular flexibility index (Phi) is 4.29. The Bertz CT molecular complexity index is 643. The number of anilines is 2. The summed E-state index contributed by atoms with van der Waals surface area (Å²) in [5, 5.41) is 0. The topological polar surface area (TPSA) is 72.3 Å². The lowest BCUT2D eigenvalue weighted by molar-refractivity contribution is 0.100. The minimum Gasteiger partial charge on any atom is -0.398 e. The van der Waals surface area contributed by atoms with Gasteiger partial charge in [0.15, 0.2) is 0 Å². The number of para-hydroxylation sites is 1. The molecular weight excluding hydrogens is 318 g/mol. The van der Waals surface area contributed by atoms with Gasteiger partial charge >= 0.3 is 0 Å². The van der Waals surface area contributed by atoms with Crippen LogP contribution in [0.1, 0.15) is 15.9 Å². The SMILES string of the molecule is CN(Cc1ccccc1N)c1ccc(Br)cc1C(N)=O. The second-order valence-electron chi connectivity index (χ2n) is 4.58. The highest BCUT2D eigenvalue weighted by molar-refractivity contribution is 9.10. The highest BCUT2D eigenvalue weighted by Crippen LogP contribution is 2.25. The van der Waals surface area contributed by atoms with E-state index in [9.17, 15) is 4.79 Å². The third-order valence-electron chi connectivity index (χ3n) is 3.10. The normalized spacial score (nSPS) is 10.3. The maximum atomic E-state index is 11.5. The number of rotatable bonds is 4. The van der Waals surface area contributed by atoms with Crippen molar-refractivity contribution < 1.29 is 4.79 Å². The molecule has 0 atom stereocenters. The largest absolute Gasteiger partial charge is 0.398 e. The first kappa shape index (κ1) is 14.4. The Morgan fingerprint density at radius 1 is 1.25 bits per heavy atom. The van der Waals surface area contributed by atoms with Crippen LogP contribution in [0.25, 0.3) is 0 Å². The summed E-state index contributed by atoms with van der Waals surface area (Å²) < 4.78 is 0.822. The van der Waals surface area contributed by atoms with E-state index in [0.29, 0.717) is 12.1 Å². The van der Waals surface area contributed by atoms with Gasteiger partial charge in [-0.25, -0.2) is 0 Å². The number of hydrogen-bond donors (Lipinski definition) is 2. The average Bonchev–Trinajstić information content (AvgIpc) is 2.41. The molecule has 5 heteroatoms. The second kappa shape index (κ2) is 5.96. The summed E-state index contributed by atoms with van der Waals surface area (Å²) >= 11 is 3.35. The molecule has 0 heterocycles. The molecular formula is C15H16BrN3O. The highest BCUT2D eigenvalue weighted by atomic mass is 79.9. The van der Waals surface area contributed by atoms with Crippen LogP contribution in [0, 0.1) is 0 Å². The minimum atomic E-state index is -0.450. The van der Waals surface area contributed by atoms with Crippen LogP contribution in [0.2, 0.25) is 0 Å². The first-order chi connectivity index (χ1) is 9.49. The number of amides is 1. The number of nitrogens with two attached hydrogens (primary N) is 2. The van der Waals surface area contributed by atoms with Crippen molar-refractivity contribution in [1.29, 1.82) is 0 Å². The van der Waals surface area contributed by atoms with Crippen molar-refractivity contribution in [2.24, 2.45) is 5.73 Å². The van der Waals surface area contributed by atoms with Crippen LogP contribution in [-0.2, 0) is 6.54 Å². The van der Waals surface area contributed by atoms with Crippen LogP contribution in [0.3, 0.4) is 0 Å². The van der Waals surface area contributed by atoms with E-state index < -0.39 is 5.91 Å². The van der Waals surface area contributed by atoms with Gasteiger partial charge in [-0.3, -0.25) is 4.79 Å². The number of carbonyl (C=O) groups excluding carboxylic acids is 1. The van der Waals surface area contributed by atoms with Crippen molar-refractivity contribution in [3.63, 3.8) is 0 Å². The number of carbonyl (C=O) groups is 1. The molecule has 4 N–H and O–H groups in total. The zero-order valence-electron chi connectivity index (χ0n) is 11.1. The molecule has 2 rings (SSSR count). The number of primary amides is 1. The van der Waals surface area contributed by atoms with Gasteiger partial charge in [-0.1, -0.05) is 34.1 Å². The van der Waals surface area contributed by atoms with Crippen LogP contribution in [0.15, 0.2) is 46.9 Å². The number of halogens is 1. The molecule has 2 aromatic carbocycles. The lowest BCUT2D eigenvalue weighted by atomic mass is 10.1. The van der Waals surface area contributed by atoms with E-state index in [-0.39, 0.29) is 0 Å². The molecule has 0 aliphatic rings. The smallest absolute Gasteiger partial charge is 0.250 e. The summed E-state index contributed by atoms with van der Waals surface area (Å²) in [6.45, 7) is 0.606. The van der Waals surface area contributed by atoms with Crippen molar-refractivity contribution in [1.82, 2.24) is 0 Å². The minimum absolute atomic E-state index is 0.450. The van der Waals surface area contributed by atoms with Gasteiger partial charge in [0, 0.05) is 29.4 Å². The van der Waals surface area contributed by atoms with Crippen LogP contribution in [0.4, 0.5) is 11.4 Å². The molecule has 0 saturated heterocycles. The Labute approximate surface area is 126 Å². The standard InChI is InChI=1S/C15H16BrN3O/c1-19(9-10-4-2-3-5-13(10)17)14-7-6-11(16)8-12(14)15(18)20/h2-8H,9,17H2,1H3,(H2,18,20). The summed E-state index contributed by atoms with van der Waals surface area (Å²) in [4.78, 5) is 13.5. The molecule has 4 nitrogen and oxygen atoms in total. The molecule has 0 aliphatic heterocycles. The van der Waals surface area contributed by atoms with Crippen LogP contribution >= 0.6 is 15.9 Å².